The molecule has 1 aliphatic carbocycles. The van der Waals surface area contributed by atoms with E-state index in [0.29, 0.717) is 5.92 Å². The molecule has 0 radical (unpaired) electrons. The minimum atomic E-state index is 0.524. The molecular formula is C23H31BN6. The number of likely N-dealkylation sites (tertiary alicyclic amines) is 1. The van der Waals surface area contributed by atoms with Crippen LogP contribution in [0.4, 0.5) is 5.82 Å². The Morgan fingerprint density at radius 2 is 2.03 bits per heavy atom. The second-order valence-electron chi connectivity index (χ2n) is 9.13. The van der Waals surface area contributed by atoms with Gasteiger partial charge in [-0.1, -0.05) is 19.4 Å². The minimum absolute atomic E-state index is 0.524. The molecule has 0 amide bonds. The van der Waals surface area contributed by atoms with Crippen molar-refractivity contribution in [3.63, 3.8) is 0 Å². The summed E-state index contributed by atoms with van der Waals surface area (Å²) < 4.78 is 1.94. The van der Waals surface area contributed by atoms with Crippen LogP contribution in [0.15, 0.2) is 36.8 Å². The smallest absolute Gasteiger partial charge is 0.151 e. The zero-order valence-electron chi connectivity index (χ0n) is 18.1. The van der Waals surface area contributed by atoms with Crippen molar-refractivity contribution in [1.29, 1.82) is 0 Å². The lowest BCUT2D eigenvalue weighted by Crippen LogP contribution is -2.42. The fourth-order valence-electron chi connectivity index (χ4n) is 5.32. The van der Waals surface area contributed by atoms with Gasteiger partial charge in [-0.2, -0.15) is 9.61 Å². The highest BCUT2D eigenvalue weighted by atomic mass is 15.3. The fourth-order valence-corrected chi connectivity index (χ4v) is 5.32. The predicted octanol–water partition coefficient (Wildman–Crippen LogP) is 2.36. The first-order valence-corrected chi connectivity index (χ1v) is 11.4. The molecule has 6 nitrogen and oxygen atoms in total. The molecule has 0 bridgehead atoms. The van der Waals surface area contributed by atoms with Gasteiger partial charge in [0, 0.05) is 48.9 Å². The summed E-state index contributed by atoms with van der Waals surface area (Å²) in [5.74, 6) is 2.39. The molecule has 1 aliphatic heterocycles. The summed E-state index contributed by atoms with van der Waals surface area (Å²) in [6.45, 7) is 5.55. The molecule has 0 spiro atoms. The van der Waals surface area contributed by atoms with Gasteiger partial charge in [0.1, 0.15) is 13.7 Å². The molecule has 2 unspecified atom stereocenters. The second kappa shape index (κ2) is 8.38. The average molecular weight is 402 g/mol. The Morgan fingerprint density at radius 3 is 2.77 bits per heavy atom. The zero-order chi connectivity index (χ0) is 20.5. The maximum Gasteiger partial charge on any atom is 0.151 e. The number of nitrogens with one attached hydrogen (secondary N) is 1. The maximum absolute atomic E-state index is 5.04. The standard InChI is InChI=1S/C23H31BN6/c1-16-4-2-6-21(16)29-10-7-18(8-11-29)20-12-22(26-14-17-5-3-9-25-13-17)30-23(28-20)19(24)15-27-30/h3,5,9,12-13,15-16,18,21,26H,2,4,6-8,10-11,14,24H2,1H3. The van der Waals surface area contributed by atoms with Gasteiger partial charge < -0.3 is 10.2 Å². The molecule has 1 saturated heterocycles. The Balaban J connectivity index is 1.35. The number of hydrogen-bond donors (Lipinski definition) is 1. The fraction of sp³-hybridized carbons (Fsp3) is 0.522. The number of fused-ring (bicyclic) bond motifs is 1. The van der Waals surface area contributed by atoms with Crippen molar-refractivity contribution in [2.24, 2.45) is 5.92 Å². The molecule has 30 heavy (non-hydrogen) atoms. The molecule has 5 rings (SSSR count). The molecule has 156 valence electrons. The first-order chi connectivity index (χ1) is 14.7. The zero-order valence-corrected chi connectivity index (χ0v) is 18.1. The summed E-state index contributed by atoms with van der Waals surface area (Å²) in [5, 5.41) is 8.12. The first kappa shape index (κ1) is 19.6. The summed E-state index contributed by atoms with van der Waals surface area (Å²) >= 11 is 0. The van der Waals surface area contributed by atoms with Crippen LogP contribution in [-0.2, 0) is 6.54 Å². The van der Waals surface area contributed by atoms with E-state index in [1.807, 2.05) is 29.2 Å². The van der Waals surface area contributed by atoms with Gasteiger partial charge in [0.05, 0.1) is 0 Å². The van der Waals surface area contributed by atoms with Gasteiger partial charge in [0.15, 0.2) is 5.65 Å². The molecule has 0 aromatic carbocycles. The monoisotopic (exact) mass is 402 g/mol. The van der Waals surface area contributed by atoms with Crippen LogP contribution in [0.3, 0.4) is 0 Å². The highest BCUT2D eigenvalue weighted by Crippen LogP contribution is 2.35. The van der Waals surface area contributed by atoms with Gasteiger partial charge in [-0.15, -0.1) is 0 Å². The third-order valence-corrected chi connectivity index (χ3v) is 7.10. The summed E-state index contributed by atoms with van der Waals surface area (Å²) in [6, 6.07) is 7.08. The second-order valence-corrected chi connectivity index (χ2v) is 9.13. The number of rotatable bonds is 5. The summed E-state index contributed by atoms with van der Waals surface area (Å²) in [4.78, 5) is 12.0. The normalized spacial score (nSPS) is 23.2. The number of nitrogens with zero attached hydrogens (tertiary/aromatic N) is 5. The highest BCUT2D eigenvalue weighted by Gasteiger charge is 2.32. The summed E-state index contributed by atoms with van der Waals surface area (Å²) in [5.41, 5.74) is 4.46. The predicted molar refractivity (Wildman–Crippen MR) is 123 cm³/mol. The third kappa shape index (κ3) is 3.83. The molecular weight excluding hydrogens is 371 g/mol. The van der Waals surface area contributed by atoms with Crippen molar-refractivity contribution in [2.75, 3.05) is 18.4 Å². The number of hydrogen-bond acceptors (Lipinski definition) is 5. The molecule has 2 aliphatic rings. The van der Waals surface area contributed by atoms with Crippen LogP contribution in [0.1, 0.15) is 56.2 Å². The lowest BCUT2D eigenvalue weighted by Gasteiger charge is -2.37. The number of piperidine rings is 1. The van der Waals surface area contributed by atoms with Gasteiger partial charge in [-0.05, 0) is 61.8 Å². The summed E-state index contributed by atoms with van der Waals surface area (Å²) in [6.07, 6.45) is 12.2. The van der Waals surface area contributed by atoms with Crippen molar-refractivity contribution < 1.29 is 0 Å². The van der Waals surface area contributed by atoms with E-state index < -0.39 is 0 Å². The lowest BCUT2D eigenvalue weighted by atomic mass is 9.91. The van der Waals surface area contributed by atoms with Gasteiger partial charge in [-0.25, -0.2) is 4.98 Å². The van der Waals surface area contributed by atoms with Crippen LogP contribution in [0.25, 0.3) is 5.65 Å². The molecule has 1 saturated carbocycles. The van der Waals surface area contributed by atoms with Gasteiger partial charge >= 0.3 is 0 Å². The molecule has 4 heterocycles. The van der Waals surface area contributed by atoms with E-state index in [1.54, 1.807) is 0 Å². The molecule has 1 N–H and O–H groups in total. The molecule has 7 heteroatoms. The number of anilines is 1. The van der Waals surface area contributed by atoms with Gasteiger partial charge in [0.2, 0.25) is 0 Å². The van der Waals surface area contributed by atoms with Gasteiger partial charge in [-0.3, -0.25) is 4.98 Å². The van der Waals surface area contributed by atoms with E-state index in [-0.39, 0.29) is 0 Å². The topological polar surface area (TPSA) is 58.4 Å². The lowest BCUT2D eigenvalue weighted by molar-refractivity contribution is 0.128. The van der Waals surface area contributed by atoms with Crippen molar-refractivity contribution in [1.82, 2.24) is 24.5 Å². The SMILES string of the molecule is Bc1cnn2c(NCc3cccnc3)cc(C3CCN(C4CCCC4C)CC3)nc12. The van der Waals surface area contributed by atoms with Crippen molar-refractivity contribution in [3.8, 4) is 0 Å². The van der Waals surface area contributed by atoms with Crippen LogP contribution < -0.4 is 10.8 Å². The van der Waals surface area contributed by atoms with E-state index in [2.05, 4.69) is 47.2 Å². The Bertz CT molecular complexity index is 996. The van der Waals surface area contributed by atoms with E-state index in [9.17, 15) is 0 Å². The van der Waals surface area contributed by atoms with E-state index in [0.717, 1.165) is 41.0 Å². The molecule has 2 atom stereocenters. The van der Waals surface area contributed by atoms with Crippen LogP contribution in [0.2, 0.25) is 0 Å². The first-order valence-electron chi connectivity index (χ1n) is 11.4. The van der Waals surface area contributed by atoms with E-state index in [4.69, 9.17) is 4.98 Å². The Morgan fingerprint density at radius 1 is 1.17 bits per heavy atom. The molecule has 3 aromatic rings. The summed E-state index contributed by atoms with van der Waals surface area (Å²) in [7, 11) is 2.09. The van der Waals surface area contributed by atoms with Crippen LogP contribution >= 0.6 is 0 Å². The molecule has 3 aromatic heterocycles. The third-order valence-electron chi connectivity index (χ3n) is 7.10. The Kier molecular flexibility index (Phi) is 5.46. The van der Waals surface area contributed by atoms with E-state index >= 15 is 0 Å². The van der Waals surface area contributed by atoms with E-state index in [1.165, 1.54) is 50.9 Å². The van der Waals surface area contributed by atoms with Crippen LogP contribution in [0.5, 0.6) is 0 Å². The maximum atomic E-state index is 5.04. The largest absolute Gasteiger partial charge is 0.366 e. The quantitative estimate of drug-likeness (QED) is 0.664. The van der Waals surface area contributed by atoms with Crippen molar-refractivity contribution in [2.45, 2.75) is 57.5 Å². The van der Waals surface area contributed by atoms with Crippen LogP contribution in [0, 0.1) is 5.92 Å². The van der Waals surface area contributed by atoms with Crippen molar-refractivity contribution in [3.05, 3.63) is 48.0 Å². The highest BCUT2D eigenvalue weighted by molar-refractivity contribution is 6.36. The number of aromatic nitrogens is 4. The minimum Gasteiger partial charge on any atom is -0.366 e. The Hall–Kier alpha value is -2.41. The Labute approximate surface area is 179 Å². The van der Waals surface area contributed by atoms with Gasteiger partial charge in [0.25, 0.3) is 0 Å². The van der Waals surface area contributed by atoms with Crippen molar-refractivity contribution >= 4 is 24.8 Å². The average Bonchev–Trinajstić information content (AvgIpc) is 3.38. The van der Waals surface area contributed by atoms with Crippen LogP contribution in [-0.4, -0.2) is 51.5 Å². The number of pyridine rings is 1. The molecule has 2 fully saturated rings.